The molecule has 0 aliphatic heterocycles. The molecular weight excluding hydrogens is 360 g/mol. The van der Waals surface area contributed by atoms with Gasteiger partial charge < -0.3 is 4.74 Å². The summed E-state index contributed by atoms with van der Waals surface area (Å²) in [5.74, 6) is 0.398. The fraction of sp³-hybridized carbons (Fsp3) is 0.0909. The summed E-state index contributed by atoms with van der Waals surface area (Å²) >= 11 is 6.04. The van der Waals surface area contributed by atoms with Crippen LogP contribution in [0.1, 0.15) is 27.0 Å². The molecule has 0 unspecified atom stereocenters. The van der Waals surface area contributed by atoms with Gasteiger partial charge in [-0.25, -0.2) is 5.43 Å². The van der Waals surface area contributed by atoms with Gasteiger partial charge in [-0.3, -0.25) is 4.79 Å². The lowest BCUT2D eigenvalue weighted by Gasteiger charge is -2.07. The minimum Gasteiger partial charge on any atom is -0.489 e. The Labute approximate surface area is 163 Å². The summed E-state index contributed by atoms with van der Waals surface area (Å²) in [7, 11) is 0. The lowest BCUT2D eigenvalue weighted by molar-refractivity contribution is 0.0955. The average molecular weight is 379 g/mol. The SMILES string of the molecule is Cc1ccc(COc2ccc(C(=O)N/N=C/c3ccccc3Cl)cc2)cc1. The summed E-state index contributed by atoms with van der Waals surface area (Å²) in [6.45, 7) is 2.53. The summed E-state index contributed by atoms with van der Waals surface area (Å²) in [6.07, 6.45) is 1.51. The number of carbonyl (C=O) groups is 1. The highest BCUT2D eigenvalue weighted by atomic mass is 35.5. The van der Waals surface area contributed by atoms with Gasteiger partial charge in [0.15, 0.2) is 0 Å². The fourth-order valence-electron chi connectivity index (χ4n) is 2.36. The molecule has 0 atom stereocenters. The maximum Gasteiger partial charge on any atom is 0.271 e. The third-order valence-corrected chi connectivity index (χ3v) is 4.26. The second-order valence-corrected chi connectivity index (χ2v) is 6.43. The van der Waals surface area contributed by atoms with Crippen molar-refractivity contribution in [3.05, 3.63) is 100 Å². The van der Waals surface area contributed by atoms with Crippen molar-refractivity contribution < 1.29 is 9.53 Å². The van der Waals surface area contributed by atoms with E-state index in [0.717, 1.165) is 11.1 Å². The highest BCUT2D eigenvalue weighted by Crippen LogP contribution is 2.15. The number of amides is 1. The molecule has 1 N–H and O–H groups in total. The van der Waals surface area contributed by atoms with Crippen LogP contribution in [0.4, 0.5) is 0 Å². The molecule has 0 fully saturated rings. The van der Waals surface area contributed by atoms with Gasteiger partial charge in [0, 0.05) is 16.1 Å². The Hall–Kier alpha value is -3.11. The van der Waals surface area contributed by atoms with E-state index in [1.807, 2.05) is 37.3 Å². The van der Waals surface area contributed by atoms with Crippen LogP contribution in [0.5, 0.6) is 5.75 Å². The molecule has 0 saturated heterocycles. The predicted molar refractivity (Wildman–Crippen MR) is 108 cm³/mol. The van der Waals surface area contributed by atoms with Gasteiger partial charge >= 0.3 is 0 Å². The number of hydrazone groups is 1. The molecule has 0 radical (unpaired) electrons. The van der Waals surface area contributed by atoms with E-state index in [0.29, 0.717) is 22.9 Å². The van der Waals surface area contributed by atoms with Crippen molar-refractivity contribution in [3.8, 4) is 5.75 Å². The van der Waals surface area contributed by atoms with Crippen LogP contribution < -0.4 is 10.2 Å². The standard InChI is InChI=1S/C22H19ClN2O2/c1-16-6-8-17(9-7-16)15-27-20-12-10-18(11-13-20)22(26)25-24-14-19-4-2-3-5-21(19)23/h2-14H,15H2,1H3,(H,25,26)/b24-14+. The van der Waals surface area contributed by atoms with E-state index in [1.165, 1.54) is 11.8 Å². The van der Waals surface area contributed by atoms with Crippen LogP contribution in [-0.4, -0.2) is 12.1 Å². The van der Waals surface area contributed by atoms with Crippen molar-refractivity contribution in [2.24, 2.45) is 5.10 Å². The Kier molecular flexibility index (Phi) is 6.23. The first-order valence-corrected chi connectivity index (χ1v) is 8.86. The minimum absolute atomic E-state index is 0.302. The number of carbonyl (C=O) groups excluding carboxylic acids is 1. The Morgan fingerprint density at radius 2 is 1.74 bits per heavy atom. The van der Waals surface area contributed by atoms with Crippen LogP contribution in [0.25, 0.3) is 0 Å². The van der Waals surface area contributed by atoms with Crippen molar-refractivity contribution in [3.63, 3.8) is 0 Å². The highest BCUT2D eigenvalue weighted by Gasteiger charge is 2.05. The van der Waals surface area contributed by atoms with Gasteiger partial charge in [0.2, 0.25) is 0 Å². The molecule has 3 aromatic carbocycles. The van der Waals surface area contributed by atoms with Gasteiger partial charge in [-0.1, -0.05) is 59.6 Å². The largest absolute Gasteiger partial charge is 0.489 e. The normalized spacial score (nSPS) is 10.7. The molecule has 3 aromatic rings. The molecule has 0 aliphatic carbocycles. The summed E-state index contributed by atoms with van der Waals surface area (Å²) in [6, 6.07) is 22.4. The number of rotatable bonds is 6. The Bertz CT molecular complexity index is 935. The lowest BCUT2D eigenvalue weighted by Crippen LogP contribution is -2.17. The van der Waals surface area contributed by atoms with Gasteiger partial charge in [-0.05, 0) is 42.8 Å². The molecule has 1 amide bonds. The van der Waals surface area contributed by atoms with E-state index < -0.39 is 0 Å². The number of ether oxygens (including phenoxy) is 1. The van der Waals surface area contributed by atoms with Crippen molar-refractivity contribution in [2.45, 2.75) is 13.5 Å². The molecule has 0 saturated carbocycles. The molecule has 0 aliphatic rings. The molecule has 136 valence electrons. The number of benzene rings is 3. The number of nitrogens with one attached hydrogen (secondary N) is 1. The third-order valence-electron chi connectivity index (χ3n) is 3.92. The minimum atomic E-state index is -0.302. The van der Waals surface area contributed by atoms with Gasteiger partial charge in [-0.2, -0.15) is 5.10 Å². The second-order valence-electron chi connectivity index (χ2n) is 6.02. The second kappa shape index (κ2) is 9.01. The zero-order valence-corrected chi connectivity index (χ0v) is 15.6. The Balaban J connectivity index is 1.54. The lowest BCUT2D eigenvalue weighted by atomic mass is 10.2. The number of aryl methyl sites for hydroxylation is 1. The van der Waals surface area contributed by atoms with E-state index in [9.17, 15) is 4.79 Å². The summed E-state index contributed by atoms with van der Waals surface area (Å²) < 4.78 is 5.74. The van der Waals surface area contributed by atoms with Crippen LogP contribution in [0.3, 0.4) is 0 Å². The fourth-order valence-corrected chi connectivity index (χ4v) is 2.54. The van der Waals surface area contributed by atoms with E-state index in [-0.39, 0.29) is 5.91 Å². The average Bonchev–Trinajstić information content (AvgIpc) is 2.69. The van der Waals surface area contributed by atoms with E-state index in [4.69, 9.17) is 16.3 Å². The third kappa shape index (κ3) is 5.43. The first-order chi connectivity index (χ1) is 13.1. The van der Waals surface area contributed by atoms with Gasteiger partial charge in [0.05, 0.1) is 6.21 Å². The van der Waals surface area contributed by atoms with Gasteiger partial charge in [0.25, 0.3) is 5.91 Å². The number of hydrogen-bond acceptors (Lipinski definition) is 3. The molecule has 5 heteroatoms. The first-order valence-electron chi connectivity index (χ1n) is 8.48. The predicted octanol–water partition coefficient (Wildman–Crippen LogP) is 4.99. The van der Waals surface area contributed by atoms with Crippen LogP contribution in [0.15, 0.2) is 77.9 Å². The molecule has 0 spiro atoms. The molecule has 0 bridgehead atoms. The molecule has 27 heavy (non-hydrogen) atoms. The highest BCUT2D eigenvalue weighted by molar-refractivity contribution is 6.33. The van der Waals surface area contributed by atoms with Crippen LogP contribution in [0.2, 0.25) is 5.02 Å². The van der Waals surface area contributed by atoms with Gasteiger partial charge in [0.1, 0.15) is 12.4 Å². The zero-order valence-electron chi connectivity index (χ0n) is 14.9. The monoisotopic (exact) mass is 378 g/mol. The van der Waals surface area contributed by atoms with Crippen molar-refractivity contribution in [1.29, 1.82) is 0 Å². The smallest absolute Gasteiger partial charge is 0.271 e. The number of hydrogen-bond donors (Lipinski definition) is 1. The molecule has 4 nitrogen and oxygen atoms in total. The molecule has 3 rings (SSSR count). The number of nitrogens with zero attached hydrogens (tertiary/aromatic N) is 1. The van der Waals surface area contributed by atoms with Crippen LogP contribution in [-0.2, 0) is 6.61 Å². The summed E-state index contributed by atoms with van der Waals surface area (Å²) in [5.41, 5.74) is 6.03. The maximum absolute atomic E-state index is 12.1. The van der Waals surface area contributed by atoms with E-state index in [2.05, 4.69) is 22.7 Å². The molecular formula is C22H19ClN2O2. The summed E-state index contributed by atoms with van der Waals surface area (Å²) in [4.78, 5) is 12.1. The molecule has 0 heterocycles. The van der Waals surface area contributed by atoms with Crippen molar-refractivity contribution >= 4 is 23.7 Å². The first kappa shape index (κ1) is 18.7. The van der Waals surface area contributed by atoms with Gasteiger partial charge in [-0.15, -0.1) is 0 Å². The Morgan fingerprint density at radius 3 is 2.44 bits per heavy atom. The van der Waals surface area contributed by atoms with Crippen LogP contribution in [0, 0.1) is 6.92 Å². The topological polar surface area (TPSA) is 50.7 Å². The van der Waals surface area contributed by atoms with Crippen LogP contribution >= 0.6 is 11.6 Å². The quantitative estimate of drug-likeness (QED) is 0.485. The van der Waals surface area contributed by atoms with E-state index in [1.54, 1.807) is 30.3 Å². The maximum atomic E-state index is 12.1. The number of halogens is 1. The Morgan fingerprint density at radius 1 is 1.04 bits per heavy atom. The van der Waals surface area contributed by atoms with Crippen molar-refractivity contribution in [1.82, 2.24) is 5.43 Å². The van der Waals surface area contributed by atoms with E-state index >= 15 is 0 Å². The zero-order chi connectivity index (χ0) is 19.1. The summed E-state index contributed by atoms with van der Waals surface area (Å²) in [5, 5.41) is 4.52. The van der Waals surface area contributed by atoms with Crippen molar-refractivity contribution in [2.75, 3.05) is 0 Å². The molecule has 0 aromatic heterocycles.